The third kappa shape index (κ3) is 6.32. The van der Waals surface area contributed by atoms with Crippen molar-refractivity contribution in [1.29, 1.82) is 0 Å². The van der Waals surface area contributed by atoms with E-state index in [-0.39, 0.29) is 5.97 Å². The molecule has 0 bridgehead atoms. The van der Waals surface area contributed by atoms with Gasteiger partial charge in [-0.2, -0.15) is 0 Å². The number of hydrogen-bond donors (Lipinski definition) is 0. The summed E-state index contributed by atoms with van der Waals surface area (Å²) < 4.78 is 10.9. The smallest absolute Gasteiger partial charge is 0.302 e. The summed E-state index contributed by atoms with van der Waals surface area (Å²) >= 11 is 8.01. The molecule has 0 aliphatic heterocycles. The highest BCUT2D eigenvalue weighted by Gasteiger charge is 2.06. The number of esters is 1. The zero-order valence-electron chi connectivity index (χ0n) is 15.6. The van der Waals surface area contributed by atoms with Crippen LogP contribution in [0.2, 0.25) is 5.02 Å². The molecule has 0 fully saturated rings. The van der Waals surface area contributed by atoms with Crippen molar-refractivity contribution < 1.29 is 14.3 Å². The fraction of sp³-hybridized carbons (Fsp3) is 0.174. The normalized spacial score (nSPS) is 10.5. The van der Waals surface area contributed by atoms with Gasteiger partial charge in [0.25, 0.3) is 0 Å². The van der Waals surface area contributed by atoms with Crippen LogP contribution in [0.4, 0.5) is 0 Å². The van der Waals surface area contributed by atoms with Gasteiger partial charge in [0.15, 0.2) is 0 Å². The molecule has 0 heterocycles. The van der Waals surface area contributed by atoms with E-state index in [9.17, 15) is 4.79 Å². The Kier molecular flexibility index (Phi) is 7.40. The Bertz CT molecular complexity index is 928. The van der Waals surface area contributed by atoms with Crippen LogP contribution in [0.1, 0.15) is 18.1 Å². The monoisotopic (exact) mass is 412 g/mol. The van der Waals surface area contributed by atoms with Crippen molar-refractivity contribution in [3.63, 3.8) is 0 Å². The number of carbonyl (C=O) groups excluding carboxylic acids is 1. The summed E-state index contributed by atoms with van der Waals surface area (Å²) in [6.45, 7) is 2.28. The number of halogens is 1. The van der Waals surface area contributed by atoms with Gasteiger partial charge in [0, 0.05) is 28.2 Å². The third-order valence-electron chi connectivity index (χ3n) is 3.99. The first-order valence-electron chi connectivity index (χ1n) is 8.96. The van der Waals surface area contributed by atoms with E-state index in [4.69, 9.17) is 21.1 Å². The van der Waals surface area contributed by atoms with Crippen molar-refractivity contribution in [3.8, 4) is 5.75 Å². The van der Waals surface area contributed by atoms with Crippen LogP contribution in [0.15, 0.2) is 82.6 Å². The van der Waals surface area contributed by atoms with E-state index in [0.717, 1.165) is 26.7 Å². The lowest BCUT2D eigenvalue weighted by Gasteiger charge is -2.10. The summed E-state index contributed by atoms with van der Waals surface area (Å²) in [4.78, 5) is 13.0. The van der Waals surface area contributed by atoms with Crippen LogP contribution in [-0.2, 0) is 22.6 Å². The largest absolute Gasteiger partial charge is 0.489 e. The maximum atomic E-state index is 10.9. The molecule has 0 radical (unpaired) electrons. The lowest BCUT2D eigenvalue weighted by Crippen LogP contribution is -2.03. The number of benzene rings is 3. The van der Waals surface area contributed by atoms with Gasteiger partial charge in [-0.25, -0.2) is 0 Å². The molecule has 3 aromatic rings. The van der Waals surface area contributed by atoms with Gasteiger partial charge >= 0.3 is 5.97 Å². The zero-order chi connectivity index (χ0) is 19.8. The fourth-order valence-corrected chi connectivity index (χ4v) is 3.85. The number of ether oxygens (including phenoxy) is 2. The maximum absolute atomic E-state index is 10.9. The maximum Gasteiger partial charge on any atom is 0.302 e. The second-order valence-electron chi connectivity index (χ2n) is 6.19. The number of hydrogen-bond acceptors (Lipinski definition) is 4. The quantitative estimate of drug-likeness (QED) is 0.414. The van der Waals surface area contributed by atoms with E-state index in [2.05, 4.69) is 0 Å². The van der Waals surface area contributed by atoms with Crippen molar-refractivity contribution >= 4 is 29.3 Å². The number of rotatable bonds is 8. The molecule has 0 saturated carbocycles. The van der Waals surface area contributed by atoms with Gasteiger partial charge in [-0.15, -0.1) is 0 Å². The first-order chi connectivity index (χ1) is 13.6. The summed E-state index contributed by atoms with van der Waals surface area (Å²) in [5.74, 6) is 0.551. The molecular weight excluding hydrogens is 392 g/mol. The highest BCUT2D eigenvalue weighted by molar-refractivity contribution is 7.99. The highest BCUT2D eigenvalue weighted by Crippen LogP contribution is 2.33. The standard InChI is InChI=1S/C23H21ClO3S/c1-17(25)26-13-12-19-10-11-22(15-23(19)24)28-21-9-5-8-20(14-21)27-16-18-6-3-2-4-7-18/h2-11,14-15H,12-13,16H2,1H3. The molecule has 0 aliphatic carbocycles. The minimum Gasteiger partial charge on any atom is -0.489 e. The molecule has 0 saturated heterocycles. The summed E-state index contributed by atoms with van der Waals surface area (Å²) in [6.07, 6.45) is 0.603. The van der Waals surface area contributed by atoms with Crippen LogP contribution >= 0.6 is 23.4 Å². The predicted octanol–water partition coefficient (Wildman–Crippen LogP) is 6.18. The first kappa shape index (κ1) is 20.3. The average Bonchev–Trinajstić information content (AvgIpc) is 2.69. The summed E-state index contributed by atoms with van der Waals surface area (Å²) in [5, 5.41) is 0.675. The topological polar surface area (TPSA) is 35.5 Å². The lowest BCUT2D eigenvalue weighted by atomic mass is 10.2. The minimum atomic E-state index is -0.280. The Hall–Kier alpha value is -2.43. The molecule has 0 unspecified atom stereocenters. The molecule has 0 spiro atoms. The second-order valence-corrected chi connectivity index (χ2v) is 7.75. The molecule has 144 valence electrons. The van der Waals surface area contributed by atoms with Crippen LogP contribution < -0.4 is 4.74 Å². The first-order valence-corrected chi connectivity index (χ1v) is 10.2. The Labute approximate surface area is 174 Å². The van der Waals surface area contributed by atoms with E-state index in [1.165, 1.54) is 6.92 Å². The van der Waals surface area contributed by atoms with Crippen LogP contribution in [0, 0.1) is 0 Å². The van der Waals surface area contributed by atoms with Gasteiger partial charge in [0.05, 0.1) is 6.61 Å². The van der Waals surface area contributed by atoms with E-state index in [1.54, 1.807) is 11.8 Å². The minimum absolute atomic E-state index is 0.280. The molecule has 3 nitrogen and oxygen atoms in total. The fourth-order valence-electron chi connectivity index (χ4n) is 2.60. The molecule has 3 aromatic carbocycles. The molecule has 0 aromatic heterocycles. The second kappa shape index (κ2) is 10.2. The Morgan fingerprint density at radius 2 is 1.75 bits per heavy atom. The predicted molar refractivity (Wildman–Crippen MR) is 113 cm³/mol. The van der Waals surface area contributed by atoms with E-state index in [0.29, 0.717) is 24.7 Å². The van der Waals surface area contributed by atoms with Gasteiger partial charge in [-0.3, -0.25) is 4.79 Å². The van der Waals surface area contributed by atoms with Crippen molar-refractivity contribution in [3.05, 3.63) is 88.9 Å². The zero-order valence-corrected chi connectivity index (χ0v) is 17.1. The van der Waals surface area contributed by atoms with Crippen molar-refractivity contribution in [2.45, 2.75) is 29.7 Å². The molecule has 3 rings (SSSR count). The Balaban J connectivity index is 1.60. The molecule has 0 atom stereocenters. The van der Waals surface area contributed by atoms with Crippen LogP contribution in [0.25, 0.3) is 0 Å². The molecule has 0 amide bonds. The van der Waals surface area contributed by atoms with E-state index in [1.807, 2.05) is 72.8 Å². The van der Waals surface area contributed by atoms with Crippen LogP contribution in [-0.4, -0.2) is 12.6 Å². The van der Waals surface area contributed by atoms with Gasteiger partial charge in [0.1, 0.15) is 12.4 Å². The molecule has 0 N–H and O–H groups in total. The SMILES string of the molecule is CC(=O)OCCc1ccc(Sc2cccc(OCc3ccccc3)c2)cc1Cl. The van der Waals surface area contributed by atoms with Gasteiger partial charge < -0.3 is 9.47 Å². The highest BCUT2D eigenvalue weighted by atomic mass is 35.5. The molecule has 28 heavy (non-hydrogen) atoms. The van der Waals surface area contributed by atoms with Crippen LogP contribution in [0.5, 0.6) is 5.75 Å². The number of carbonyl (C=O) groups is 1. The van der Waals surface area contributed by atoms with E-state index < -0.39 is 0 Å². The third-order valence-corrected chi connectivity index (χ3v) is 5.32. The summed E-state index contributed by atoms with van der Waals surface area (Å²) in [5.41, 5.74) is 2.10. The van der Waals surface area contributed by atoms with Crippen molar-refractivity contribution in [2.75, 3.05) is 6.61 Å². The summed E-state index contributed by atoms with van der Waals surface area (Å²) in [7, 11) is 0. The molecule has 0 aliphatic rings. The van der Waals surface area contributed by atoms with Crippen molar-refractivity contribution in [1.82, 2.24) is 0 Å². The van der Waals surface area contributed by atoms with Crippen LogP contribution in [0.3, 0.4) is 0 Å². The molecule has 5 heteroatoms. The Morgan fingerprint density at radius 3 is 2.50 bits per heavy atom. The van der Waals surface area contributed by atoms with E-state index >= 15 is 0 Å². The van der Waals surface area contributed by atoms with Gasteiger partial charge in [-0.05, 0) is 41.5 Å². The van der Waals surface area contributed by atoms with Crippen molar-refractivity contribution in [2.24, 2.45) is 0 Å². The van der Waals surface area contributed by atoms with Gasteiger partial charge in [-0.1, -0.05) is 65.8 Å². The molecular formula is C23H21ClO3S. The summed E-state index contributed by atoms with van der Waals surface area (Å²) in [6, 6.07) is 24.0. The van der Waals surface area contributed by atoms with Gasteiger partial charge in [0.2, 0.25) is 0 Å². The lowest BCUT2D eigenvalue weighted by molar-refractivity contribution is -0.140. The Morgan fingerprint density at radius 1 is 0.964 bits per heavy atom. The average molecular weight is 413 g/mol.